The van der Waals surface area contributed by atoms with E-state index in [1.54, 1.807) is 0 Å². The van der Waals surface area contributed by atoms with E-state index in [9.17, 15) is 34.5 Å². The molecule has 0 aromatic rings. The Kier molecular flexibility index (Phi) is 9.66. The zero-order valence-electron chi connectivity index (χ0n) is 4.89. The van der Waals surface area contributed by atoms with Crippen molar-refractivity contribution in [3.05, 3.63) is 0 Å². The van der Waals surface area contributed by atoms with Crippen LogP contribution >= 0.6 is 0 Å². The second kappa shape index (κ2) is 6.06. The van der Waals surface area contributed by atoms with Gasteiger partial charge in [0.25, 0.3) is 0 Å². The maximum atomic E-state index is 9.75. The molecule has 0 amide bonds. The third-order valence-electron chi connectivity index (χ3n) is 0. The van der Waals surface area contributed by atoms with E-state index in [1.807, 2.05) is 0 Å². The quantitative estimate of drug-likeness (QED) is 0.474. The summed E-state index contributed by atoms with van der Waals surface area (Å²) in [6, 6.07) is 0. The summed E-state index contributed by atoms with van der Waals surface area (Å²) in [6.45, 7) is 0. The molecule has 0 nitrogen and oxygen atoms in total. The van der Waals surface area contributed by atoms with Crippen molar-refractivity contribution < 1.29 is 61.8 Å². The third-order valence-corrected chi connectivity index (χ3v) is 0. The van der Waals surface area contributed by atoms with Crippen LogP contribution in [0.4, 0.5) is 34.5 Å². The van der Waals surface area contributed by atoms with Crippen LogP contribution < -0.4 is 0 Å². The fraction of sp³-hybridized carbons (Fsp3) is 0. The summed E-state index contributed by atoms with van der Waals surface area (Å²) in [4.78, 5) is 0. The van der Waals surface area contributed by atoms with Crippen molar-refractivity contribution in [3.8, 4) is 0 Å². The predicted molar refractivity (Wildman–Crippen MR) is 20.4 cm³/mol. The molecule has 0 bridgehead atoms. The molecule has 0 aliphatic carbocycles. The van der Waals surface area contributed by atoms with Gasteiger partial charge in [0.1, 0.15) is 0 Å². The molecule has 0 N–H and O–H groups in total. The molecule has 0 saturated carbocycles. The third kappa shape index (κ3) is 3130. The van der Waals surface area contributed by atoms with E-state index in [-0.39, 0.29) is 27.3 Å². The van der Waals surface area contributed by atoms with Crippen LogP contribution in [-0.4, -0.2) is 14.5 Å². The molecular weight excluding hydrogens is 286 g/mol. The molecular formula is B2CdF8. The molecule has 0 aromatic heterocycles. The molecule has 0 aliphatic rings. The van der Waals surface area contributed by atoms with Gasteiger partial charge in [0.15, 0.2) is 0 Å². The Hall–Kier alpha value is 0.492. The fourth-order valence-electron chi connectivity index (χ4n) is 0. The van der Waals surface area contributed by atoms with E-state index < -0.39 is 14.5 Å². The molecule has 0 atom stereocenters. The van der Waals surface area contributed by atoms with Crippen molar-refractivity contribution >= 4 is 14.5 Å². The molecule has 0 heterocycles. The Morgan fingerprint density at radius 1 is 0.455 bits per heavy atom. The van der Waals surface area contributed by atoms with Gasteiger partial charge >= 0.3 is 41.8 Å². The van der Waals surface area contributed by atoms with Gasteiger partial charge in [-0.25, -0.2) is 0 Å². The van der Waals surface area contributed by atoms with Crippen molar-refractivity contribution in [1.29, 1.82) is 0 Å². The minimum Gasteiger partial charge on any atom is -0.418 e. The van der Waals surface area contributed by atoms with Crippen LogP contribution in [0, 0.1) is 0 Å². The van der Waals surface area contributed by atoms with Crippen LogP contribution in [0.2, 0.25) is 0 Å². The minimum absolute atomic E-state index is 0. The largest absolute Gasteiger partial charge is 2.00 e. The summed E-state index contributed by atoms with van der Waals surface area (Å²) in [6.07, 6.45) is 0. The smallest absolute Gasteiger partial charge is 0.418 e. The summed E-state index contributed by atoms with van der Waals surface area (Å²) in [5.74, 6) is 0. The summed E-state index contributed by atoms with van der Waals surface area (Å²) < 4.78 is 78.0. The average Bonchev–Trinajstić information content (AvgIpc) is 1.12. The first-order valence-corrected chi connectivity index (χ1v) is 1.75. The van der Waals surface area contributed by atoms with Crippen LogP contribution in [0.15, 0.2) is 0 Å². The van der Waals surface area contributed by atoms with Gasteiger partial charge < -0.3 is 34.5 Å². The SMILES string of the molecule is F[B-](F)(F)F.F[B-](F)(F)F.[Cd+2]. The van der Waals surface area contributed by atoms with E-state index in [4.69, 9.17) is 0 Å². The van der Waals surface area contributed by atoms with Crippen LogP contribution in [-0.2, 0) is 27.3 Å². The number of rotatable bonds is 0. The first-order chi connectivity index (χ1) is 4.00. The topological polar surface area (TPSA) is 0 Å². The normalized spacial score (nSPS) is 10.9. The van der Waals surface area contributed by atoms with Gasteiger partial charge in [0.05, 0.1) is 0 Å². The Balaban J connectivity index is -0.000000107. The van der Waals surface area contributed by atoms with Gasteiger partial charge in [0.2, 0.25) is 0 Å². The van der Waals surface area contributed by atoms with E-state index in [0.29, 0.717) is 0 Å². The van der Waals surface area contributed by atoms with Crippen molar-refractivity contribution in [2.45, 2.75) is 0 Å². The molecule has 0 aliphatic heterocycles. The van der Waals surface area contributed by atoms with Gasteiger partial charge in [-0.3, -0.25) is 0 Å². The molecule has 0 fully saturated rings. The van der Waals surface area contributed by atoms with Crippen LogP contribution in [0.25, 0.3) is 0 Å². The Morgan fingerprint density at radius 2 is 0.455 bits per heavy atom. The molecule has 11 heavy (non-hydrogen) atoms. The van der Waals surface area contributed by atoms with E-state index in [0.717, 1.165) is 0 Å². The van der Waals surface area contributed by atoms with Crippen molar-refractivity contribution in [2.75, 3.05) is 0 Å². The van der Waals surface area contributed by atoms with Gasteiger partial charge in [-0.1, -0.05) is 0 Å². The van der Waals surface area contributed by atoms with E-state index in [2.05, 4.69) is 0 Å². The standard InChI is InChI=1S/2BF4.Cd/c2*2-1(3,4)5;/q2*-1;+2. The molecule has 0 radical (unpaired) electrons. The molecule has 0 saturated heterocycles. The van der Waals surface area contributed by atoms with Gasteiger partial charge in [-0.2, -0.15) is 0 Å². The fourth-order valence-corrected chi connectivity index (χ4v) is 0. The first kappa shape index (κ1) is 17.5. The van der Waals surface area contributed by atoms with Crippen LogP contribution in [0.5, 0.6) is 0 Å². The average molecular weight is 286 g/mol. The number of hydrogen-bond donors (Lipinski definition) is 0. The summed E-state index contributed by atoms with van der Waals surface area (Å²) in [7, 11) is -12.0. The molecule has 0 aromatic carbocycles. The minimum atomic E-state index is -6.00. The molecule has 0 unspecified atom stereocenters. The monoisotopic (exact) mass is 288 g/mol. The number of halogens is 8. The van der Waals surface area contributed by atoms with Crippen molar-refractivity contribution in [1.82, 2.24) is 0 Å². The summed E-state index contributed by atoms with van der Waals surface area (Å²) in [5, 5.41) is 0. The van der Waals surface area contributed by atoms with E-state index in [1.165, 1.54) is 0 Å². The summed E-state index contributed by atoms with van der Waals surface area (Å²) >= 11 is 0. The van der Waals surface area contributed by atoms with E-state index >= 15 is 0 Å². The molecule has 64 valence electrons. The first-order valence-electron chi connectivity index (χ1n) is 1.75. The zero-order chi connectivity index (χ0) is 9.00. The summed E-state index contributed by atoms with van der Waals surface area (Å²) in [5.41, 5.74) is 0. The van der Waals surface area contributed by atoms with Gasteiger partial charge in [-0.15, -0.1) is 0 Å². The van der Waals surface area contributed by atoms with Gasteiger partial charge in [-0.05, 0) is 0 Å². The maximum Gasteiger partial charge on any atom is 2.00 e. The van der Waals surface area contributed by atoms with Crippen molar-refractivity contribution in [3.63, 3.8) is 0 Å². The Morgan fingerprint density at radius 3 is 0.455 bits per heavy atom. The predicted octanol–water partition coefficient (Wildman–Crippen LogP) is 2.60. The molecule has 11 heteroatoms. The molecule has 0 spiro atoms. The zero-order valence-corrected chi connectivity index (χ0v) is 8.92. The van der Waals surface area contributed by atoms with Crippen LogP contribution in [0.1, 0.15) is 0 Å². The van der Waals surface area contributed by atoms with Gasteiger partial charge in [0, 0.05) is 0 Å². The Labute approximate surface area is 76.7 Å². The maximum absolute atomic E-state index is 9.75. The van der Waals surface area contributed by atoms with Crippen molar-refractivity contribution in [2.24, 2.45) is 0 Å². The Bertz CT molecular complexity index is 55.1. The van der Waals surface area contributed by atoms with Crippen LogP contribution in [0.3, 0.4) is 0 Å². The number of hydrogen-bond acceptors (Lipinski definition) is 0. The molecule has 0 rings (SSSR count). The second-order valence-corrected chi connectivity index (χ2v) is 0.990. The second-order valence-electron chi connectivity index (χ2n) is 0.990.